The highest BCUT2D eigenvalue weighted by Crippen LogP contribution is 2.23. The van der Waals surface area contributed by atoms with Crippen LogP contribution < -0.4 is 5.32 Å². The summed E-state index contributed by atoms with van der Waals surface area (Å²) in [6.45, 7) is 3.74. The maximum Gasteiger partial charge on any atom is 0.251 e. The molecule has 1 atom stereocenters. The minimum Gasteiger partial charge on any atom is -0.349 e. The van der Waals surface area contributed by atoms with Crippen molar-refractivity contribution in [2.24, 2.45) is 0 Å². The Bertz CT molecular complexity index is 620. The highest BCUT2D eigenvalue weighted by Gasteiger charge is 2.31. The zero-order valence-electron chi connectivity index (χ0n) is 16.7. The summed E-state index contributed by atoms with van der Waals surface area (Å²) in [6, 6.07) is 9.88. The molecule has 2 aliphatic rings. The van der Waals surface area contributed by atoms with E-state index < -0.39 is 0 Å². The van der Waals surface area contributed by atoms with Crippen molar-refractivity contribution in [3.05, 3.63) is 35.9 Å². The molecule has 1 heterocycles. The molecule has 1 aliphatic heterocycles. The Balaban J connectivity index is 1.46. The lowest BCUT2D eigenvalue weighted by atomic mass is 9.94. The number of carbonyl (C=O) groups is 2. The SMILES string of the molecule is CC(C(=O)N(C)C1CCCCC1)N1CCC(NC(=O)c2ccccc2)CC1. The number of carbonyl (C=O) groups excluding carboxylic acids is 2. The van der Waals surface area contributed by atoms with Crippen LogP contribution in [0.15, 0.2) is 30.3 Å². The molecule has 2 fully saturated rings. The molecule has 1 saturated carbocycles. The standard InChI is InChI=1S/C22H33N3O2/c1-17(22(27)24(2)20-11-7-4-8-12-20)25-15-13-19(14-16-25)23-21(26)18-9-5-3-6-10-18/h3,5-6,9-10,17,19-20H,4,7-8,11-16H2,1-2H3,(H,23,26). The summed E-state index contributed by atoms with van der Waals surface area (Å²) in [4.78, 5) is 29.5. The summed E-state index contributed by atoms with van der Waals surface area (Å²) in [5.74, 6) is 0.240. The number of rotatable bonds is 5. The maximum absolute atomic E-state index is 12.9. The number of likely N-dealkylation sites (tertiary alicyclic amines) is 1. The number of hydrogen-bond donors (Lipinski definition) is 1. The van der Waals surface area contributed by atoms with Crippen molar-refractivity contribution < 1.29 is 9.59 Å². The lowest BCUT2D eigenvalue weighted by molar-refractivity contribution is -0.138. The van der Waals surface area contributed by atoms with Crippen molar-refractivity contribution in [1.29, 1.82) is 0 Å². The summed E-state index contributed by atoms with van der Waals surface area (Å²) >= 11 is 0. The lowest BCUT2D eigenvalue weighted by Gasteiger charge is -2.39. The van der Waals surface area contributed by atoms with Crippen LogP contribution in [0.2, 0.25) is 0 Å². The average molecular weight is 372 g/mol. The number of nitrogens with zero attached hydrogens (tertiary/aromatic N) is 2. The van der Waals surface area contributed by atoms with Crippen molar-refractivity contribution in [3.63, 3.8) is 0 Å². The molecule has 5 heteroatoms. The smallest absolute Gasteiger partial charge is 0.251 e. The first-order valence-electron chi connectivity index (χ1n) is 10.4. The van der Waals surface area contributed by atoms with Gasteiger partial charge in [-0.05, 0) is 44.7 Å². The van der Waals surface area contributed by atoms with Gasteiger partial charge in [0.25, 0.3) is 5.91 Å². The minimum atomic E-state index is -0.0808. The fraction of sp³-hybridized carbons (Fsp3) is 0.636. The predicted molar refractivity (Wildman–Crippen MR) is 108 cm³/mol. The zero-order chi connectivity index (χ0) is 19.2. The van der Waals surface area contributed by atoms with Gasteiger partial charge in [-0.2, -0.15) is 0 Å². The third-order valence-electron chi connectivity index (χ3n) is 6.28. The van der Waals surface area contributed by atoms with Crippen LogP contribution in [0.1, 0.15) is 62.2 Å². The number of benzene rings is 1. The Morgan fingerprint density at radius 2 is 1.67 bits per heavy atom. The fourth-order valence-electron chi connectivity index (χ4n) is 4.39. The topological polar surface area (TPSA) is 52.7 Å². The van der Waals surface area contributed by atoms with Crippen LogP contribution in [0, 0.1) is 0 Å². The van der Waals surface area contributed by atoms with Crippen LogP contribution in [0.5, 0.6) is 0 Å². The summed E-state index contributed by atoms with van der Waals surface area (Å²) in [6.07, 6.45) is 7.85. The normalized spacial score (nSPS) is 20.8. The molecule has 3 rings (SSSR count). The number of nitrogens with one attached hydrogen (secondary N) is 1. The summed E-state index contributed by atoms with van der Waals surface area (Å²) in [7, 11) is 1.97. The Labute approximate surface area is 163 Å². The highest BCUT2D eigenvalue weighted by molar-refractivity contribution is 5.94. The summed E-state index contributed by atoms with van der Waals surface area (Å²) < 4.78 is 0. The molecule has 1 aliphatic carbocycles. The minimum absolute atomic E-state index is 0.00444. The molecule has 0 radical (unpaired) electrons. The van der Waals surface area contributed by atoms with E-state index in [2.05, 4.69) is 10.2 Å². The second-order valence-electron chi connectivity index (χ2n) is 8.07. The van der Waals surface area contributed by atoms with Gasteiger partial charge in [-0.25, -0.2) is 0 Å². The van der Waals surface area contributed by atoms with Crippen molar-refractivity contribution in [2.45, 2.75) is 70.0 Å². The van der Waals surface area contributed by atoms with E-state index in [1.165, 1.54) is 19.3 Å². The molecule has 27 heavy (non-hydrogen) atoms. The molecule has 1 saturated heterocycles. The highest BCUT2D eigenvalue weighted by atomic mass is 16.2. The Kier molecular flexibility index (Phi) is 6.89. The molecule has 5 nitrogen and oxygen atoms in total. The first-order valence-corrected chi connectivity index (χ1v) is 10.4. The molecule has 2 amide bonds. The third kappa shape index (κ3) is 5.10. The van der Waals surface area contributed by atoms with Crippen molar-refractivity contribution in [2.75, 3.05) is 20.1 Å². The van der Waals surface area contributed by atoms with Crippen LogP contribution in [0.4, 0.5) is 0 Å². The van der Waals surface area contributed by atoms with E-state index in [4.69, 9.17) is 0 Å². The van der Waals surface area contributed by atoms with E-state index in [1.807, 2.05) is 49.2 Å². The second-order valence-corrected chi connectivity index (χ2v) is 8.07. The van der Waals surface area contributed by atoms with Gasteiger partial charge in [0.2, 0.25) is 5.91 Å². The van der Waals surface area contributed by atoms with E-state index in [-0.39, 0.29) is 23.9 Å². The zero-order valence-corrected chi connectivity index (χ0v) is 16.7. The molecule has 1 unspecified atom stereocenters. The van der Waals surface area contributed by atoms with Gasteiger partial charge in [-0.1, -0.05) is 37.5 Å². The molecule has 1 N–H and O–H groups in total. The molecule has 1 aromatic rings. The van der Waals surface area contributed by atoms with Gasteiger partial charge in [-0.3, -0.25) is 14.5 Å². The number of amides is 2. The molecule has 0 spiro atoms. The Morgan fingerprint density at radius 3 is 2.30 bits per heavy atom. The van der Waals surface area contributed by atoms with E-state index in [0.29, 0.717) is 11.6 Å². The van der Waals surface area contributed by atoms with Crippen LogP contribution in [0.3, 0.4) is 0 Å². The largest absolute Gasteiger partial charge is 0.349 e. The van der Waals surface area contributed by atoms with Crippen molar-refractivity contribution >= 4 is 11.8 Å². The van der Waals surface area contributed by atoms with Gasteiger partial charge in [0.05, 0.1) is 6.04 Å². The Hall–Kier alpha value is -1.88. The molecule has 0 bridgehead atoms. The summed E-state index contributed by atoms with van der Waals surface area (Å²) in [5, 5.41) is 3.14. The molecular formula is C22H33N3O2. The third-order valence-corrected chi connectivity index (χ3v) is 6.28. The van der Waals surface area contributed by atoms with Crippen molar-refractivity contribution in [1.82, 2.24) is 15.1 Å². The quantitative estimate of drug-likeness (QED) is 0.865. The van der Waals surface area contributed by atoms with E-state index >= 15 is 0 Å². The van der Waals surface area contributed by atoms with Crippen LogP contribution in [0.25, 0.3) is 0 Å². The fourth-order valence-corrected chi connectivity index (χ4v) is 4.39. The van der Waals surface area contributed by atoms with Crippen LogP contribution in [-0.2, 0) is 4.79 Å². The number of likely N-dealkylation sites (N-methyl/N-ethyl adjacent to an activating group) is 1. The maximum atomic E-state index is 12.9. The van der Waals surface area contributed by atoms with Gasteiger partial charge in [0.1, 0.15) is 0 Å². The van der Waals surface area contributed by atoms with Gasteiger partial charge < -0.3 is 10.2 Å². The van der Waals surface area contributed by atoms with E-state index in [1.54, 1.807) is 0 Å². The lowest BCUT2D eigenvalue weighted by Crippen LogP contribution is -2.53. The van der Waals surface area contributed by atoms with E-state index in [9.17, 15) is 9.59 Å². The monoisotopic (exact) mass is 371 g/mol. The van der Waals surface area contributed by atoms with Gasteiger partial charge in [0.15, 0.2) is 0 Å². The molecule has 148 valence electrons. The first-order chi connectivity index (χ1) is 13.1. The van der Waals surface area contributed by atoms with E-state index in [0.717, 1.165) is 38.8 Å². The number of piperidine rings is 1. The van der Waals surface area contributed by atoms with Gasteiger partial charge >= 0.3 is 0 Å². The van der Waals surface area contributed by atoms with Gasteiger partial charge in [0, 0.05) is 37.8 Å². The second kappa shape index (κ2) is 9.36. The van der Waals surface area contributed by atoms with Crippen LogP contribution >= 0.6 is 0 Å². The van der Waals surface area contributed by atoms with Gasteiger partial charge in [-0.15, -0.1) is 0 Å². The molecule has 1 aromatic carbocycles. The molecule has 0 aromatic heterocycles. The van der Waals surface area contributed by atoms with Crippen LogP contribution in [-0.4, -0.2) is 59.9 Å². The number of hydrogen-bond acceptors (Lipinski definition) is 3. The average Bonchev–Trinajstić information content (AvgIpc) is 2.74. The Morgan fingerprint density at radius 1 is 1.04 bits per heavy atom. The first kappa shape index (κ1) is 19.9. The van der Waals surface area contributed by atoms with Crippen molar-refractivity contribution in [3.8, 4) is 0 Å². The molecular weight excluding hydrogens is 338 g/mol. The summed E-state index contributed by atoms with van der Waals surface area (Å²) in [5.41, 5.74) is 0.706. The predicted octanol–water partition coefficient (Wildman–Crippen LogP) is 3.06.